The van der Waals surface area contributed by atoms with E-state index in [1.807, 2.05) is 21.6 Å². The van der Waals surface area contributed by atoms with Gasteiger partial charge in [0.05, 0.1) is 24.4 Å². The van der Waals surface area contributed by atoms with Crippen LogP contribution in [0.4, 0.5) is 0 Å². The maximum atomic E-state index is 12.9. The summed E-state index contributed by atoms with van der Waals surface area (Å²) in [5.41, 5.74) is 0. The molecule has 1 rings (SSSR count). The van der Waals surface area contributed by atoms with E-state index in [9.17, 15) is 25.2 Å². The highest BCUT2D eigenvalue weighted by Gasteiger charge is 2.20. The minimum atomic E-state index is -0.405. The van der Waals surface area contributed by atoms with E-state index in [2.05, 4.69) is 47.3 Å². The minimum Gasteiger partial charge on any atom is -0.464 e. The van der Waals surface area contributed by atoms with Gasteiger partial charge < -0.3 is 25.2 Å². The van der Waals surface area contributed by atoms with Crippen LogP contribution in [0.15, 0.2) is 0 Å². The quantitative estimate of drug-likeness (QED) is 0.0264. The third-order valence-electron chi connectivity index (χ3n) is 17.2. The van der Waals surface area contributed by atoms with Gasteiger partial charge in [-0.15, -0.1) is 0 Å². The van der Waals surface area contributed by atoms with Crippen LogP contribution in [0.5, 0.6) is 0 Å². The van der Waals surface area contributed by atoms with Gasteiger partial charge in [0.2, 0.25) is 0 Å². The second kappa shape index (κ2) is 61.5. The van der Waals surface area contributed by atoms with Crippen molar-refractivity contribution in [1.29, 1.82) is 0 Å². The van der Waals surface area contributed by atoms with Crippen LogP contribution in [0, 0.1) is 0 Å². The number of unbranched alkanes of at least 4 members (excludes halogenated alkanes) is 34. The number of carbonyl (C=O) groups is 1. The summed E-state index contributed by atoms with van der Waals surface area (Å²) in [6.45, 7) is 19.6. The molecule has 0 aliphatic carbocycles. The summed E-state index contributed by atoms with van der Waals surface area (Å²) in [5, 5.41) is 44.3. The highest BCUT2D eigenvalue weighted by molar-refractivity contribution is 8.76. The van der Waals surface area contributed by atoms with E-state index >= 15 is 0 Å². The third kappa shape index (κ3) is 54.9. The largest absolute Gasteiger partial charge is 0.464 e. The van der Waals surface area contributed by atoms with Gasteiger partial charge in [0.1, 0.15) is 6.61 Å². The van der Waals surface area contributed by atoms with Crippen LogP contribution < -0.4 is 0 Å². The van der Waals surface area contributed by atoms with Gasteiger partial charge in [0, 0.05) is 83.4 Å². The number of ether oxygens (including phenoxy) is 1. The van der Waals surface area contributed by atoms with Gasteiger partial charge in [-0.2, -0.15) is 0 Å². The average Bonchev–Trinajstić information content (AvgIpc) is 3.45. The lowest BCUT2D eigenvalue weighted by molar-refractivity contribution is -0.144. The molecule has 1 heterocycles. The molecule has 4 N–H and O–H groups in total. The van der Waals surface area contributed by atoms with Crippen molar-refractivity contribution in [2.75, 3.05) is 96.6 Å². The van der Waals surface area contributed by atoms with Crippen molar-refractivity contribution in [3.8, 4) is 0 Å². The fourth-order valence-electron chi connectivity index (χ4n) is 11.9. The van der Waals surface area contributed by atoms with Gasteiger partial charge in [-0.3, -0.25) is 24.4 Å². The topological polar surface area (TPSA) is 120 Å². The van der Waals surface area contributed by atoms with E-state index < -0.39 is 12.2 Å². The molecule has 0 aromatic heterocycles. The van der Waals surface area contributed by atoms with Gasteiger partial charge in [-0.25, -0.2) is 0 Å². The lowest BCUT2D eigenvalue weighted by Crippen LogP contribution is -2.47. The highest BCUT2D eigenvalue weighted by atomic mass is 33.1. The molecule has 0 radical (unpaired) electrons. The Morgan fingerprint density at radius 1 is 0.370 bits per heavy atom. The molecule has 0 amide bonds. The average molecular weight is 1190 g/mol. The van der Waals surface area contributed by atoms with Crippen molar-refractivity contribution in [1.82, 2.24) is 19.6 Å². The first-order chi connectivity index (χ1) is 39.7. The van der Waals surface area contributed by atoms with E-state index in [1.165, 1.54) is 218 Å². The van der Waals surface area contributed by atoms with Gasteiger partial charge in [0.15, 0.2) is 0 Å². The molecule has 0 aromatic rings. The van der Waals surface area contributed by atoms with Gasteiger partial charge >= 0.3 is 5.97 Å². The number of aliphatic hydroxyl groups excluding tert-OH is 4. The Morgan fingerprint density at radius 3 is 0.963 bits per heavy atom. The number of hydrogen-bond acceptors (Lipinski definition) is 12. The van der Waals surface area contributed by atoms with E-state index in [1.54, 1.807) is 0 Å². The molecular weight excluding hydrogens is 1040 g/mol. The molecule has 1 fully saturated rings. The minimum absolute atomic E-state index is 0.142. The number of esters is 1. The first-order valence-electron chi connectivity index (χ1n) is 35.7. The van der Waals surface area contributed by atoms with E-state index in [0.29, 0.717) is 52.2 Å². The standard InChI is InChI=1S/C69H140N4O6S2/c1-5-9-13-17-21-25-28-32-36-40-45-65(74)61-72(62-66(75)46-41-37-33-29-26-22-18-14-10-6-2)50-43-49-69(78)79-58-56-70-52-54-71(55-53-70)57-60-81-80-59-44-51-73(63-67(76)47-39-35-31-24-20-16-12-8-4)64-68(77)48-42-38-34-30-27-23-19-15-11-7-3/h65-68,74-77H,5-64H2,1-4H3. The monoisotopic (exact) mass is 1190 g/mol. The van der Waals surface area contributed by atoms with Crippen LogP contribution in [0.25, 0.3) is 0 Å². The molecule has 0 saturated carbocycles. The van der Waals surface area contributed by atoms with E-state index in [0.717, 1.165) is 115 Å². The molecule has 1 aliphatic rings. The Morgan fingerprint density at radius 2 is 0.642 bits per heavy atom. The first-order valence-corrected chi connectivity index (χ1v) is 38.2. The van der Waals surface area contributed by atoms with Crippen molar-refractivity contribution < 1.29 is 30.0 Å². The summed E-state index contributed by atoms with van der Waals surface area (Å²) < 4.78 is 5.75. The first kappa shape index (κ1) is 78.9. The van der Waals surface area contributed by atoms with E-state index in [4.69, 9.17) is 4.74 Å². The van der Waals surface area contributed by atoms with Crippen LogP contribution in [0.3, 0.4) is 0 Å². The molecule has 4 atom stereocenters. The van der Waals surface area contributed by atoms with Gasteiger partial charge in [0.25, 0.3) is 0 Å². The Hall–Kier alpha value is -0.150. The summed E-state index contributed by atoms with van der Waals surface area (Å²) in [4.78, 5) is 22.5. The van der Waals surface area contributed by atoms with Crippen LogP contribution in [0.2, 0.25) is 0 Å². The lowest BCUT2D eigenvalue weighted by atomic mass is 10.0. The molecule has 1 aliphatic heterocycles. The summed E-state index contributed by atoms with van der Waals surface area (Å²) in [7, 11) is 3.95. The fourth-order valence-corrected chi connectivity index (χ4v) is 14.0. The summed E-state index contributed by atoms with van der Waals surface area (Å²) in [5.74, 6) is 2.05. The van der Waals surface area contributed by atoms with Crippen molar-refractivity contribution in [2.24, 2.45) is 0 Å². The zero-order valence-electron chi connectivity index (χ0n) is 54.4. The Balaban J connectivity index is 2.39. The molecule has 0 bridgehead atoms. The molecular formula is C69H140N4O6S2. The number of rotatable bonds is 65. The van der Waals surface area contributed by atoms with Gasteiger partial charge in [-0.05, 0) is 51.6 Å². The second-order valence-electron chi connectivity index (χ2n) is 25.3. The Bertz CT molecular complexity index is 1240. The van der Waals surface area contributed by atoms with Crippen LogP contribution in [0.1, 0.15) is 317 Å². The zero-order valence-corrected chi connectivity index (χ0v) is 56.1. The smallest absolute Gasteiger partial charge is 0.305 e. The number of aliphatic hydroxyl groups is 4. The third-order valence-corrected chi connectivity index (χ3v) is 19.7. The molecule has 10 nitrogen and oxygen atoms in total. The van der Waals surface area contributed by atoms with Crippen LogP contribution in [-0.2, 0) is 9.53 Å². The number of nitrogens with zero attached hydrogens (tertiary/aromatic N) is 4. The van der Waals surface area contributed by atoms with Crippen molar-refractivity contribution in [2.45, 2.75) is 341 Å². The molecule has 4 unspecified atom stereocenters. The predicted molar refractivity (Wildman–Crippen MR) is 356 cm³/mol. The fraction of sp³-hybridized carbons (Fsp3) is 0.986. The lowest BCUT2D eigenvalue weighted by Gasteiger charge is -2.34. The maximum Gasteiger partial charge on any atom is 0.305 e. The molecule has 12 heteroatoms. The van der Waals surface area contributed by atoms with Crippen LogP contribution in [-0.4, -0.2) is 167 Å². The van der Waals surface area contributed by atoms with Crippen molar-refractivity contribution in [3.63, 3.8) is 0 Å². The van der Waals surface area contributed by atoms with Crippen molar-refractivity contribution in [3.05, 3.63) is 0 Å². The van der Waals surface area contributed by atoms with Gasteiger partial charge in [-0.1, -0.05) is 293 Å². The Labute approximate surface area is 512 Å². The summed E-state index contributed by atoms with van der Waals surface area (Å²) in [6.07, 6.45) is 53.1. The summed E-state index contributed by atoms with van der Waals surface area (Å²) in [6, 6.07) is 0. The molecule has 484 valence electrons. The van der Waals surface area contributed by atoms with Crippen molar-refractivity contribution >= 4 is 27.6 Å². The number of piperazine rings is 1. The highest BCUT2D eigenvalue weighted by Crippen LogP contribution is 2.23. The number of hydrogen-bond donors (Lipinski definition) is 4. The Kier molecular flexibility index (Phi) is 59.9. The molecule has 81 heavy (non-hydrogen) atoms. The molecule has 1 saturated heterocycles. The SMILES string of the molecule is CCCCCCCCCCCCC(O)CN(CCCSSCCN1CCN(CCOC(=O)CCCN(CC(O)CCCCCCCCCCCC)CC(O)CCCCCCCCCCCC)CC1)CC(O)CCCCCCCCCC. The normalized spacial score (nSPS) is 15.1. The maximum absolute atomic E-state index is 12.9. The van der Waals surface area contributed by atoms with E-state index in [-0.39, 0.29) is 18.2 Å². The molecule has 0 aromatic carbocycles. The second-order valence-corrected chi connectivity index (χ2v) is 28.0. The molecule has 0 spiro atoms. The van der Waals surface area contributed by atoms with Crippen LogP contribution >= 0.6 is 21.6 Å². The zero-order chi connectivity index (χ0) is 58.7. The summed E-state index contributed by atoms with van der Waals surface area (Å²) >= 11 is 0. The number of carbonyl (C=O) groups excluding carboxylic acids is 1. The predicted octanol–water partition coefficient (Wildman–Crippen LogP) is 17.2.